The maximum atomic E-state index is 11.0. The van der Waals surface area contributed by atoms with Gasteiger partial charge < -0.3 is 4.57 Å². The van der Waals surface area contributed by atoms with Crippen LogP contribution in [0.1, 0.15) is 0 Å². The Morgan fingerprint density at radius 2 is 1.83 bits per heavy atom. The van der Waals surface area contributed by atoms with E-state index >= 15 is 0 Å². The summed E-state index contributed by atoms with van der Waals surface area (Å²) in [6.07, 6.45) is 4.57. The van der Waals surface area contributed by atoms with Gasteiger partial charge in [0.25, 0.3) is 0 Å². The van der Waals surface area contributed by atoms with Gasteiger partial charge in [0.2, 0.25) is 11.6 Å². The van der Waals surface area contributed by atoms with Gasteiger partial charge in [-0.2, -0.15) is 0 Å². The molecular weight excluding hydrogens is 154 g/mol. The van der Waals surface area contributed by atoms with Gasteiger partial charge in [0.1, 0.15) is 0 Å². The summed E-state index contributed by atoms with van der Waals surface area (Å²) in [4.78, 5) is 21.9. The van der Waals surface area contributed by atoms with Crippen LogP contribution in [-0.2, 0) is 16.6 Å². The first-order chi connectivity index (χ1) is 5.68. The quantitative estimate of drug-likeness (QED) is 0.445. The van der Waals surface area contributed by atoms with Gasteiger partial charge >= 0.3 is 0 Å². The molecular formula is C9H7NO2. The molecule has 0 aromatic carbocycles. The van der Waals surface area contributed by atoms with Crippen LogP contribution >= 0.6 is 0 Å². The molecule has 1 heterocycles. The highest BCUT2D eigenvalue weighted by atomic mass is 16.2. The Morgan fingerprint density at radius 3 is 2.58 bits per heavy atom. The predicted molar refractivity (Wildman–Crippen MR) is 43.6 cm³/mol. The van der Waals surface area contributed by atoms with Crippen molar-refractivity contribution < 1.29 is 9.59 Å². The number of hydrogen-bond donors (Lipinski definition) is 0. The summed E-state index contributed by atoms with van der Waals surface area (Å²) in [5, 5.41) is 1.63. The fourth-order valence-corrected chi connectivity index (χ4v) is 1.28. The first kappa shape index (κ1) is 7.03. The van der Waals surface area contributed by atoms with Crippen molar-refractivity contribution in [1.29, 1.82) is 0 Å². The van der Waals surface area contributed by atoms with Gasteiger partial charge in [0, 0.05) is 24.5 Å². The number of rotatable bonds is 0. The summed E-state index contributed by atoms with van der Waals surface area (Å²) in [6, 6.07) is 1.82. The van der Waals surface area contributed by atoms with Crippen LogP contribution in [0.3, 0.4) is 0 Å². The van der Waals surface area contributed by atoms with E-state index in [9.17, 15) is 9.59 Å². The van der Waals surface area contributed by atoms with Crippen molar-refractivity contribution in [2.24, 2.45) is 7.05 Å². The first-order valence-electron chi connectivity index (χ1n) is 3.61. The summed E-state index contributed by atoms with van der Waals surface area (Å²) < 4.78 is 1.82. The van der Waals surface area contributed by atoms with Crippen LogP contribution in [0.2, 0.25) is 0 Å². The summed E-state index contributed by atoms with van der Waals surface area (Å²) in [7, 11) is 1.84. The van der Waals surface area contributed by atoms with Gasteiger partial charge in [-0.3, -0.25) is 9.59 Å². The average Bonchev–Trinajstić information content (AvgIpc) is 2.35. The van der Waals surface area contributed by atoms with Crippen LogP contribution in [0, 0.1) is 0 Å². The van der Waals surface area contributed by atoms with Gasteiger partial charge in [0.05, 0.1) is 5.35 Å². The summed E-state index contributed by atoms with van der Waals surface area (Å²) in [5.41, 5.74) is 0. The second-order valence-corrected chi connectivity index (χ2v) is 2.78. The molecule has 1 aliphatic carbocycles. The van der Waals surface area contributed by atoms with Gasteiger partial charge in [-0.05, 0) is 12.1 Å². The zero-order valence-corrected chi connectivity index (χ0v) is 6.57. The lowest BCUT2D eigenvalue weighted by molar-refractivity contribution is -0.129. The molecule has 0 bridgehead atoms. The zero-order valence-electron chi connectivity index (χ0n) is 6.57. The Hall–Kier alpha value is -1.64. The fourth-order valence-electron chi connectivity index (χ4n) is 1.28. The van der Waals surface area contributed by atoms with Gasteiger partial charge in [-0.1, -0.05) is 0 Å². The normalized spacial score (nSPS) is 15.1. The molecule has 1 aromatic heterocycles. The summed E-state index contributed by atoms with van der Waals surface area (Å²) in [5.74, 6) is -0.877. The van der Waals surface area contributed by atoms with Crippen LogP contribution < -0.4 is 10.6 Å². The monoisotopic (exact) mass is 161 g/mol. The Kier molecular flexibility index (Phi) is 1.27. The highest BCUT2D eigenvalue weighted by Gasteiger charge is 2.12. The maximum absolute atomic E-state index is 11.0. The van der Waals surface area contributed by atoms with Crippen molar-refractivity contribution in [3.05, 3.63) is 22.8 Å². The van der Waals surface area contributed by atoms with E-state index in [2.05, 4.69) is 0 Å². The molecule has 0 spiro atoms. The molecule has 0 aliphatic heterocycles. The molecule has 1 aromatic rings. The third-order valence-electron chi connectivity index (χ3n) is 1.95. The molecule has 0 atom stereocenters. The highest BCUT2D eigenvalue weighted by molar-refractivity contribution is 6.57. The lowest BCUT2D eigenvalue weighted by Crippen LogP contribution is -2.35. The van der Waals surface area contributed by atoms with Crippen LogP contribution in [0.4, 0.5) is 0 Å². The van der Waals surface area contributed by atoms with Crippen LogP contribution in [0.5, 0.6) is 0 Å². The standard InChI is InChI=1S/C9H7NO2/c1-10-3-2-6-4-8(11)9(12)5-7(6)10/h2-5H,1H3. The topological polar surface area (TPSA) is 39.1 Å². The molecule has 0 saturated carbocycles. The first-order valence-corrected chi connectivity index (χ1v) is 3.61. The van der Waals surface area contributed by atoms with Gasteiger partial charge in [-0.25, -0.2) is 0 Å². The fraction of sp³-hybridized carbons (Fsp3) is 0.111. The molecule has 0 amide bonds. The average molecular weight is 161 g/mol. The number of hydrogen-bond acceptors (Lipinski definition) is 2. The number of nitrogens with zero attached hydrogens (tertiary/aromatic N) is 1. The lowest BCUT2D eigenvalue weighted by Gasteiger charge is -1.95. The Labute approximate surface area is 68.6 Å². The molecule has 0 radical (unpaired) electrons. The minimum atomic E-state index is -0.440. The lowest BCUT2D eigenvalue weighted by atomic mass is 10.1. The molecule has 3 nitrogen and oxygen atoms in total. The number of fused-ring (bicyclic) bond motifs is 1. The Balaban J connectivity index is 2.91. The number of aromatic nitrogens is 1. The number of carbonyl (C=O) groups excluding carboxylic acids is 2. The smallest absolute Gasteiger partial charge is 0.227 e. The van der Waals surface area contributed by atoms with Gasteiger partial charge in [-0.15, -0.1) is 0 Å². The Morgan fingerprint density at radius 1 is 1.17 bits per heavy atom. The molecule has 1 aliphatic rings. The second kappa shape index (κ2) is 2.17. The van der Waals surface area contributed by atoms with E-state index in [-0.39, 0.29) is 0 Å². The molecule has 12 heavy (non-hydrogen) atoms. The van der Waals surface area contributed by atoms with E-state index in [0.29, 0.717) is 0 Å². The second-order valence-electron chi connectivity index (χ2n) is 2.78. The number of carbonyl (C=O) groups is 2. The molecule has 60 valence electrons. The molecule has 0 fully saturated rings. The highest BCUT2D eigenvalue weighted by Crippen LogP contribution is 1.86. The third kappa shape index (κ3) is 0.830. The van der Waals surface area contributed by atoms with Crippen LogP contribution in [0.25, 0.3) is 12.2 Å². The van der Waals surface area contributed by atoms with Crippen molar-refractivity contribution in [1.82, 2.24) is 4.57 Å². The SMILES string of the molecule is Cn1ccc2c1=CC(=O)C(=O)C=2. The zero-order chi connectivity index (χ0) is 8.72. The van der Waals surface area contributed by atoms with E-state index in [0.717, 1.165) is 10.6 Å². The minimum absolute atomic E-state index is 0.436. The molecule has 0 N–H and O–H groups in total. The molecule has 3 heteroatoms. The number of ketones is 2. The van der Waals surface area contributed by atoms with E-state index in [4.69, 9.17) is 0 Å². The predicted octanol–water partition coefficient (Wildman–Crippen LogP) is -1.26. The number of aryl methyl sites for hydroxylation is 1. The number of Topliss-reactive ketones (excluding diaryl/α,β-unsaturated/α-hetero) is 2. The molecule has 0 unspecified atom stereocenters. The van der Waals surface area contributed by atoms with Crippen LogP contribution in [0.15, 0.2) is 12.3 Å². The maximum Gasteiger partial charge on any atom is 0.227 e. The summed E-state index contributed by atoms with van der Waals surface area (Å²) in [6.45, 7) is 0. The van der Waals surface area contributed by atoms with Crippen LogP contribution in [-0.4, -0.2) is 16.1 Å². The van der Waals surface area contributed by atoms with Crippen molar-refractivity contribution in [3.63, 3.8) is 0 Å². The van der Waals surface area contributed by atoms with E-state index in [1.165, 1.54) is 12.2 Å². The van der Waals surface area contributed by atoms with Crippen molar-refractivity contribution in [2.75, 3.05) is 0 Å². The van der Waals surface area contributed by atoms with E-state index in [1.54, 1.807) is 0 Å². The van der Waals surface area contributed by atoms with E-state index < -0.39 is 11.6 Å². The Bertz CT molecular complexity index is 479. The van der Waals surface area contributed by atoms with E-state index in [1.807, 2.05) is 23.9 Å². The minimum Gasteiger partial charge on any atom is -0.350 e. The third-order valence-corrected chi connectivity index (χ3v) is 1.95. The van der Waals surface area contributed by atoms with Crippen molar-refractivity contribution in [3.8, 4) is 0 Å². The molecule has 2 rings (SSSR count). The summed E-state index contributed by atoms with van der Waals surface area (Å²) >= 11 is 0. The largest absolute Gasteiger partial charge is 0.350 e. The van der Waals surface area contributed by atoms with Crippen molar-refractivity contribution in [2.45, 2.75) is 0 Å². The van der Waals surface area contributed by atoms with Crippen molar-refractivity contribution >= 4 is 23.7 Å². The molecule has 0 saturated heterocycles. The van der Waals surface area contributed by atoms with Gasteiger partial charge in [0.15, 0.2) is 0 Å².